The highest BCUT2D eigenvalue weighted by atomic mass is 19.1. The van der Waals surface area contributed by atoms with Crippen LogP contribution in [-0.2, 0) is 0 Å². The highest BCUT2D eigenvalue weighted by Crippen LogP contribution is 2.36. The molecule has 1 aliphatic rings. The number of nitrogens with one attached hydrogen (secondary N) is 1. The Hall–Kier alpha value is -0.890. The second kappa shape index (κ2) is 5.83. The largest absolute Gasteiger partial charge is 0.314 e. The Kier molecular flexibility index (Phi) is 4.39. The van der Waals surface area contributed by atoms with Crippen LogP contribution in [-0.4, -0.2) is 12.6 Å². The molecule has 0 aliphatic heterocycles. The summed E-state index contributed by atoms with van der Waals surface area (Å²) < 4.78 is 12.8. The number of hydrogen-bond acceptors (Lipinski definition) is 1. The van der Waals surface area contributed by atoms with Crippen molar-refractivity contribution in [3.8, 4) is 0 Å². The SMILES string of the molecule is CC(C)C(C)CNC1CC(c2ccc(F)cc2)C1. The lowest BCUT2D eigenvalue weighted by atomic mass is 9.75. The van der Waals surface area contributed by atoms with E-state index in [4.69, 9.17) is 0 Å². The predicted molar refractivity (Wildman–Crippen MR) is 74.2 cm³/mol. The monoisotopic (exact) mass is 249 g/mol. The molecule has 100 valence electrons. The Morgan fingerprint density at radius 3 is 2.33 bits per heavy atom. The third kappa shape index (κ3) is 3.32. The van der Waals surface area contributed by atoms with E-state index in [-0.39, 0.29) is 5.82 Å². The van der Waals surface area contributed by atoms with Gasteiger partial charge in [-0.15, -0.1) is 0 Å². The topological polar surface area (TPSA) is 12.0 Å². The zero-order chi connectivity index (χ0) is 13.1. The van der Waals surface area contributed by atoms with Crippen LogP contribution in [0, 0.1) is 17.7 Å². The molecule has 0 radical (unpaired) electrons. The summed E-state index contributed by atoms with van der Waals surface area (Å²) in [5, 5.41) is 3.64. The zero-order valence-electron chi connectivity index (χ0n) is 11.6. The Morgan fingerprint density at radius 2 is 1.78 bits per heavy atom. The molecule has 1 aliphatic carbocycles. The van der Waals surface area contributed by atoms with E-state index < -0.39 is 0 Å². The third-order valence-corrected chi connectivity index (χ3v) is 4.35. The molecule has 1 saturated carbocycles. The van der Waals surface area contributed by atoms with Gasteiger partial charge in [-0.1, -0.05) is 32.9 Å². The normalized spacial score (nSPS) is 24.9. The van der Waals surface area contributed by atoms with E-state index in [1.807, 2.05) is 12.1 Å². The fraction of sp³-hybridized carbons (Fsp3) is 0.625. The van der Waals surface area contributed by atoms with Gasteiger partial charge in [-0.25, -0.2) is 4.39 Å². The van der Waals surface area contributed by atoms with E-state index in [0.717, 1.165) is 18.4 Å². The minimum absolute atomic E-state index is 0.140. The first kappa shape index (κ1) is 13.5. The summed E-state index contributed by atoms with van der Waals surface area (Å²) >= 11 is 0. The number of halogens is 1. The van der Waals surface area contributed by atoms with Crippen LogP contribution in [0.5, 0.6) is 0 Å². The predicted octanol–water partition coefficient (Wildman–Crippen LogP) is 3.95. The summed E-state index contributed by atoms with van der Waals surface area (Å²) in [5.74, 6) is 1.95. The maximum absolute atomic E-state index is 12.8. The van der Waals surface area contributed by atoms with E-state index in [1.165, 1.54) is 18.4 Å². The van der Waals surface area contributed by atoms with Crippen molar-refractivity contribution < 1.29 is 4.39 Å². The highest BCUT2D eigenvalue weighted by Gasteiger charge is 2.30. The van der Waals surface area contributed by atoms with Gasteiger partial charge in [0.2, 0.25) is 0 Å². The van der Waals surface area contributed by atoms with Crippen LogP contribution in [0.25, 0.3) is 0 Å². The van der Waals surface area contributed by atoms with Crippen LogP contribution in [0.15, 0.2) is 24.3 Å². The van der Waals surface area contributed by atoms with E-state index in [2.05, 4.69) is 26.1 Å². The lowest BCUT2D eigenvalue weighted by molar-refractivity contribution is 0.264. The summed E-state index contributed by atoms with van der Waals surface area (Å²) in [4.78, 5) is 0. The molecule has 1 N–H and O–H groups in total. The first-order chi connectivity index (χ1) is 8.56. The molecule has 0 bridgehead atoms. The summed E-state index contributed by atoms with van der Waals surface area (Å²) in [6.07, 6.45) is 2.38. The molecule has 2 heteroatoms. The summed E-state index contributed by atoms with van der Waals surface area (Å²) in [6, 6.07) is 7.63. The smallest absolute Gasteiger partial charge is 0.123 e. The van der Waals surface area contributed by atoms with E-state index >= 15 is 0 Å². The lowest BCUT2D eigenvalue weighted by Crippen LogP contribution is -2.42. The molecule has 0 spiro atoms. The van der Waals surface area contributed by atoms with Gasteiger partial charge in [0.1, 0.15) is 5.82 Å². The van der Waals surface area contributed by atoms with Crippen molar-refractivity contribution in [2.45, 2.75) is 45.6 Å². The fourth-order valence-electron chi connectivity index (χ4n) is 2.38. The van der Waals surface area contributed by atoms with Gasteiger partial charge in [-0.05, 0) is 54.8 Å². The number of rotatable bonds is 5. The van der Waals surface area contributed by atoms with Crippen molar-refractivity contribution in [2.75, 3.05) is 6.54 Å². The van der Waals surface area contributed by atoms with Gasteiger partial charge >= 0.3 is 0 Å². The van der Waals surface area contributed by atoms with Gasteiger partial charge in [0.05, 0.1) is 0 Å². The lowest BCUT2D eigenvalue weighted by Gasteiger charge is -2.37. The van der Waals surface area contributed by atoms with Crippen molar-refractivity contribution in [3.63, 3.8) is 0 Å². The number of hydrogen-bond donors (Lipinski definition) is 1. The first-order valence-corrected chi connectivity index (χ1v) is 7.05. The second-order valence-electron chi connectivity index (χ2n) is 6.05. The Bertz CT molecular complexity index is 365. The molecule has 18 heavy (non-hydrogen) atoms. The highest BCUT2D eigenvalue weighted by molar-refractivity contribution is 5.23. The summed E-state index contributed by atoms with van der Waals surface area (Å²) in [7, 11) is 0. The maximum atomic E-state index is 12.8. The Morgan fingerprint density at radius 1 is 1.17 bits per heavy atom. The van der Waals surface area contributed by atoms with Crippen molar-refractivity contribution in [1.29, 1.82) is 0 Å². The van der Waals surface area contributed by atoms with Crippen LogP contribution >= 0.6 is 0 Å². The van der Waals surface area contributed by atoms with Gasteiger partial charge < -0.3 is 5.32 Å². The van der Waals surface area contributed by atoms with E-state index in [0.29, 0.717) is 12.0 Å². The first-order valence-electron chi connectivity index (χ1n) is 7.05. The van der Waals surface area contributed by atoms with Crippen LogP contribution in [0.2, 0.25) is 0 Å². The van der Waals surface area contributed by atoms with Crippen LogP contribution < -0.4 is 5.32 Å². The molecule has 1 aromatic carbocycles. The second-order valence-corrected chi connectivity index (χ2v) is 6.05. The molecule has 0 amide bonds. The molecule has 1 fully saturated rings. The summed E-state index contributed by atoms with van der Waals surface area (Å²) in [5.41, 5.74) is 1.28. The molecule has 1 atom stereocenters. The molecule has 0 saturated heterocycles. The van der Waals surface area contributed by atoms with Gasteiger partial charge in [-0.2, -0.15) is 0 Å². The zero-order valence-corrected chi connectivity index (χ0v) is 11.6. The minimum atomic E-state index is -0.140. The van der Waals surface area contributed by atoms with Gasteiger partial charge in [0, 0.05) is 6.04 Å². The van der Waals surface area contributed by atoms with Crippen molar-refractivity contribution in [3.05, 3.63) is 35.6 Å². The minimum Gasteiger partial charge on any atom is -0.314 e. The quantitative estimate of drug-likeness (QED) is 0.833. The van der Waals surface area contributed by atoms with Crippen LogP contribution in [0.3, 0.4) is 0 Å². The van der Waals surface area contributed by atoms with Crippen molar-refractivity contribution >= 4 is 0 Å². The maximum Gasteiger partial charge on any atom is 0.123 e. The van der Waals surface area contributed by atoms with Crippen LogP contribution in [0.1, 0.15) is 45.1 Å². The van der Waals surface area contributed by atoms with E-state index in [9.17, 15) is 4.39 Å². The van der Waals surface area contributed by atoms with Gasteiger partial charge in [0.15, 0.2) is 0 Å². The molecule has 1 unspecified atom stereocenters. The molecule has 0 heterocycles. The van der Waals surface area contributed by atoms with E-state index in [1.54, 1.807) is 12.1 Å². The van der Waals surface area contributed by atoms with Crippen molar-refractivity contribution in [2.24, 2.45) is 11.8 Å². The summed E-state index contributed by atoms with van der Waals surface area (Å²) in [6.45, 7) is 7.95. The molecular weight excluding hydrogens is 225 g/mol. The molecule has 1 nitrogen and oxygen atoms in total. The molecule has 2 rings (SSSR count). The number of benzene rings is 1. The Balaban J connectivity index is 1.72. The molecule has 0 aromatic heterocycles. The standard InChI is InChI=1S/C16H24FN/c1-11(2)12(3)10-18-16-8-14(9-16)13-4-6-15(17)7-5-13/h4-7,11-12,14,16,18H,8-10H2,1-3H3. The molecular formula is C16H24FN. The van der Waals surface area contributed by atoms with Gasteiger partial charge in [-0.3, -0.25) is 0 Å². The average molecular weight is 249 g/mol. The Labute approximate surface area is 110 Å². The van der Waals surface area contributed by atoms with Gasteiger partial charge in [0.25, 0.3) is 0 Å². The van der Waals surface area contributed by atoms with Crippen molar-refractivity contribution in [1.82, 2.24) is 5.32 Å². The average Bonchev–Trinajstić information content (AvgIpc) is 2.28. The fourth-order valence-corrected chi connectivity index (χ4v) is 2.38. The molecule has 1 aromatic rings. The van der Waals surface area contributed by atoms with Crippen LogP contribution in [0.4, 0.5) is 4.39 Å². The third-order valence-electron chi connectivity index (χ3n) is 4.35.